The SMILES string of the molecule is C1CCCCC1.NC(=O)CCCCCCCCCCC(N)=O. The summed E-state index contributed by atoms with van der Waals surface area (Å²) in [6, 6.07) is 0. The fourth-order valence-corrected chi connectivity index (χ4v) is 2.72. The third-order valence-electron chi connectivity index (χ3n) is 4.10. The molecule has 0 aliphatic heterocycles. The zero-order valence-electron chi connectivity index (χ0n) is 14.3. The highest BCUT2D eigenvalue weighted by Crippen LogP contribution is 2.15. The number of amides is 2. The fraction of sp³-hybridized carbons (Fsp3) is 0.889. The molecular weight excluding hydrogens is 276 g/mol. The van der Waals surface area contributed by atoms with Gasteiger partial charge in [0.15, 0.2) is 0 Å². The molecule has 130 valence electrons. The second kappa shape index (κ2) is 16.3. The van der Waals surface area contributed by atoms with Crippen LogP contribution in [0.15, 0.2) is 0 Å². The fourth-order valence-electron chi connectivity index (χ4n) is 2.72. The smallest absolute Gasteiger partial charge is 0.217 e. The van der Waals surface area contributed by atoms with E-state index in [0.717, 1.165) is 25.7 Å². The van der Waals surface area contributed by atoms with Crippen molar-refractivity contribution in [2.24, 2.45) is 11.5 Å². The second-order valence-corrected chi connectivity index (χ2v) is 6.38. The van der Waals surface area contributed by atoms with E-state index in [2.05, 4.69) is 0 Å². The van der Waals surface area contributed by atoms with E-state index in [0.29, 0.717) is 12.8 Å². The summed E-state index contributed by atoms with van der Waals surface area (Å²) < 4.78 is 0. The first kappa shape index (κ1) is 20.9. The number of nitrogens with two attached hydrogens (primary N) is 2. The van der Waals surface area contributed by atoms with Crippen LogP contribution in [0.25, 0.3) is 0 Å². The predicted molar refractivity (Wildman–Crippen MR) is 92.3 cm³/mol. The van der Waals surface area contributed by atoms with Gasteiger partial charge >= 0.3 is 0 Å². The zero-order chi connectivity index (χ0) is 16.5. The molecule has 0 bridgehead atoms. The summed E-state index contributed by atoms with van der Waals surface area (Å²) in [6.07, 6.45) is 18.8. The Kier molecular flexibility index (Phi) is 15.5. The van der Waals surface area contributed by atoms with Gasteiger partial charge < -0.3 is 11.5 Å². The highest BCUT2D eigenvalue weighted by molar-refractivity contribution is 5.73. The summed E-state index contributed by atoms with van der Waals surface area (Å²) in [5.74, 6) is -0.405. The average Bonchev–Trinajstić information content (AvgIpc) is 2.51. The Morgan fingerprint density at radius 3 is 0.955 bits per heavy atom. The molecule has 0 atom stereocenters. The minimum Gasteiger partial charge on any atom is -0.370 e. The maximum absolute atomic E-state index is 10.4. The van der Waals surface area contributed by atoms with Crippen LogP contribution >= 0.6 is 0 Å². The normalized spacial score (nSPS) is 14.0. The van der Waals surface area contributed by atoms with Gasteiger partial charge in [0.05, 0.1) is 0 Å². The van der Waals surface area contributed by atoms with Crippen molar-refractivity contribution < 1.29 is 9.59 Å². The summed E-state index contributed by atoms with van der Waals surface area (Å²) in [5, 5.41) is 0. The molecule has 0 radical (unpaired) electrons. The summed E-state index contributed by atoms with van der Waals surface area (Å²) in [4.78, 5) is 20.9. The van der Waals surface area contributed by atoms with E-state index >= 15 is 0 Å². The molecular formula is C18H36N2O2. The van der Waals surface area contributed by atoms with Crippen molar-refractivity contribution in [2.45, 2.75) is 103 Å². The molecule has 0 aromatic rings. The van der Waals surface area contributed by atoms with Gasteiger partial charge in [-0.3, -0.25) is 9.59 Å². The number of unbranched alkanes of at least 4 members (excludes halogenated alkanes) is 7. The Labute approximate surface area is 136 Å². The first-order valence-corrected chi connectivity index (χ1v) is 9.19. The molecule has 0 spiro atoms. The quantitative estimate of drug-likeness (QED) is 0.560. The van der Waals surface area contributed by atoms with Crippen LogP contribution in [-0.2, 0) is 9.59 Å². The number of rotatable bonds is 11. The van der Waals surface area contributed by atoms with E-state index in [1.54, 1.807) is 0 Å². The van der Waals surface area contributed by atoms with Crippen molar-refractivity contribution >= 4 is 11.8 Å². The Balaban J connectivity index is 0.000000604. The Bertz CT molecular complexity index is 243. The monoisotopic (exact) mass is 312 g/mol. The van der Waals surface area contributed by atoms with Crippen LogP contribution in [-0.4, -0.2) is 11.8 Å². The molecule has 2 amide bonds. The Morgan fingerprint density at radius 1 is 0.500 bits per heavy atom. The number of hydrogen-bond acceptors (Lipinski definition) is 2. The molecule has 4 N–H and O–H groups in total. The van der Waals surface area contributed by atoms with Gasteiger partial charge in [0.2, 0.25) is 11.8 Å². The van der Waals surface area contributed by atoms with E-state index in [4.69, 9.17) is 11.5 Å². The summed E-state index contributed by atoms with van der Waals surface area (Å²) in [7, 11) is 0. The van der Waals surface area contributed by atoms with E-state index in [9.17, 15) is 9.59 Å². The van der Waals surface area contributed by atoms with Crippen LogP contribution in [0, 0.1) is 0 Å². The van der Waals surface area contributed by atoms with Crippen molar-refractivity contribution in [3.05, 3.63) is 0 Å². The van der Waals surface area contributed by atoms with Crippen molar-refractivity contribution in [3.63, 3.8) is 0 Å². The van der Waals surface area contributed by atoms with Gasteiger partial charge in [-0.05, 0) is 12.8 Å². The molecule has 0 heterocycles. The van der Waals surface area contributed by atoms with E-state index in [1.807, 2.05) is 0 Å². The average molecular weight is 312 g/mol. The van der Waals surface area contributed by atoms with Gasteiger partial charge in [-0.2, -0.15) is 0 Å². The molecule has 0 aromatic carbocycles. The van der Waals surface area contributed by atoms with Gasteiger partial charge in [-0.1, -0.05) is 77.0 Å². The number of hydrogen-bond donors (Lipinski definition) is 2. The van der Waals surface area contributed by atoms with Gasteiger partial charge in [-0.15, -0.1) is 0 Å². The molecule has 1 aliphatic rings. The maximum atomic E-state index is 10.4. The van der Waals surface area contributed by atoms with Crippen molar-refractivity contribution in [1.29, 1.82) is 0 Å². The Morgan fingerprint density at radius 2 is 0.727 bits per heavy atom. The van der Waals surface area contributed by atoms with Gasteiger partial charge in [-0.25, -0.2) is 0 Å². The molecule has 0 aromatic heterocycles. The lowest BCUT2D eigenvalue weighted by Gasteiger charge is -2.05. The molecule has 1 saturated carbocycles. The highest BCUT2D eigenvalue weighted by Gasteiger charge is 1.97. The lowest BCUT2D eigenvalue weighted by atomic mass is 10.0. The molecule has 1 fully saturated rings. The topological polar surface area (TPSA) is 86.2 Å². The van der Waals surface area contributed by atoms with Crippen molar-refractivity contribution in [2.75, 3.05) is 0 Å². The van der Waals surface area contributed by atoms with Crippen LogP contribution in [0.3, 0.4) is 0 Å². The number of carbonyl (C=O) groups excluding carboxylic acids is 2. The van der Waals surface area contributed by atoms with Crippen LogP contribution in [0.1, 0.15) is 103 Å². The number of carbonyl (C=O) groups is 2. The molecule has 22 heavy (non-hydrogen) atoms. The van der Waals surface area contributed by atoms with Crippen LogP contribution in [0.5, 0.6) is 0 Å². The first-order chi connectivity index (χ1) is 10.6. The van der Waals surface area contributed by atoms with Crippen LogP contribution in [0.2, 0.25) is 0 Å². The standard InChI is InChI=1S/C12H24N2O2.C6H12/c13-11(15)9-7-5-3-1-2-4-6-8-10-12(14)16;1-2-4-6-5-3-1/h1-10H2,(H2,13,15)(H2,14,16);1-6H2. The summed E-state index contributed by atoms with van der Waals surface area (Å²) in [6.45, 7) is 0. The van der Waals surface area contributed by atoms with E-state index in [-0.39, 0.29) is 11.8 Å². The summed E-state index contributed by atoms with van der Waals surface area (Å²) in [5.41, 5.74) is 10.1. The molecule has 0 saturated heterocycles. The first-order valence-electron chi connectivity index (χ1n) is 9.19. The third-order valence-corrected chi connectivity index (χ3v) is 4.10. The number of primary amides is 2. The second-order valence-electron chi connectivity index (χ2n) is 6.38. The van der Waals surface area contributed by atoms with Crippen molar-refractivity contribution in [1.82, 2.24) is 0 Å². The van der Waals surface area contributed by atoms with Gasteiger partial charge in [0.1, 0.15) is 0 Å². The molecule has 1 aliphatic carbocycles. The molecule has 1 rings (SSSR count). The highest BCUT2D eigenvalue weighted by atomic mass is 16.1. The van der Waals surface area contributed by atoms with E-state index < -0.39 is 0 Å². The van der Waals surface area contributed by atoms with Crippen molar-refractivity contribution in [3.8, 4) is 0 Å². The van der Waals surface area contributed by atoms with Crippen LogP contribution < -0.4 is 11.5 Å². The van der Waals surface area contributed by atoms with E-state index in [1.165, 1.54) is 64.2 Å². The zero-order valence-corrected chi connectivity index (χ0v) is 14.3. The van der Waals surface area contributed by atoms with Gasteiger partial charge in [0.25, 0.3) is 0 Å². The van der Waals surface area contributed by atoms with Gasteiger partial charge in [0, 0.05) is 12.8 Å². The maximum Gasteiger partial charge on any atom is 0.217 e. The molecule has 4 nitrogen and oxygen atoms in total. The van der Waals surface area contributed by atoms with Crippen LogP contribution in [0.4, 0.5) is 0 Å². The largest absolute Gasteiger partial charge is 0.370 e. The minimum absolute atomic E-state index is 0.202. The lowest BCUT2D eigenvalue weighted by molar-refractivity contribution is -0.119. The lowest BCUT2D eigenvalue weighted by Crippen LogP contribution is -2.09. The molecule has 0 unspecified atom stereocenters. The minimum atomic E-state index is -0.202. The summed E-state index contributed by atoms with van der Waals surface area (Å²) >= 11 is 0. The molecule has 4 heteroatoms. The third kappa shape index (κ3) is 18.9. The Hall–Kier alpha value is -1.06. The predicted octanol–water partition coefficient (Wildman–Crippen LogP) is 4.20.